The van der Waals surface area contributed by atoms with E-state index < -0.39 is 0 Å². The van der Waals surface area contributed by atoms with E-state index in [0.717, 1.165) is 29.9 Å². The van der Waals surface area contributed by atoms with Gasteiger partial charge in [-0.1, -0.05) is 30.3 Å². The van der Waals surface area contributed by atoms with Gasteiger partial charge < -0.3 is 15.0 Å². The van der Waals surface area contributed by atoms with Gasteiger partial charge in [-0.15, -0.1) is 0 Å². The Kier molecular flexibility index (Phi) is 5.19. The number of hydrogen-bond acceptors (Lipinski definition) is 4. The highest BCUT2D eigenvalue weighted by atomic mass is 16.5. The Morgan fingerprint density at radius 1 is 1.04 bits per heavy atom. The monoisotopic (exact) mass is 361 g/mol. The summed E-state index contributed by atoms with van der Waals surface area (Å²) in [7, 11) is 0. The molecule has 5 nitrogen and oxygen atoms in total. The second-order valence-corrected chi connectivity index (χ2v) is 6.71. The number of carbonyl (C=O) groups is 1. The largest absolute Gasteiger partial charge is 0.492 e. The first-order valence-corrected chi connectivity index (χ1v) is 9.40. The van der Waals surface area contributed by atoms with E-state index in [1.54, 1.807) is 6.20 Å². The molecule has 0 saturated carbocycles. The van der Waals surface area contributed by atoms with E-state index in [9.17, 15) is 4.79 Å². The maximum atomic E-state index is 12.4. The zero-order valence-electron chi connectivity index (χ0n) is 15.2. The zero-order chi connectivity index (χ0) is 18.5. The molecule has 2 heterocycles. The van der Waals surface area contributed by atoms with Crippen LogP contribution in [0.5, 0.6) is 5.75 Å². The number of amides is 1. The van der Waals surface area contributed by atoms with Crippen LogP contribution in [0.25, 0.3) is 10.8 Å². The van der Waals surface area contributed by atoms with Gasteiger partial charge >= 0.3 is 0 Å². The summed E-state index contributed by atoms with van der Waals surface area (Å²) < 4.78 is 5.76. The predicted octanol–water partition coefficient (Wildman–Crippen LogP) is 3.64. The average Bonchev–Trinajstić information content (AvgIpc) is 3.26. The lowest BCUT2D eigenvalue weighted by molar-refractivity contribution is 0.0942. The van der Waals surface area contributed by atoms with E-state index >= 15 is 0 Å². The van der Waals surface area contributed by atoms with Gasteiger partial charge in [-0.2, -0.15) is 0 Å². The molecule has 27 heavy (non-hydrogen) atoms. The molecule has 0 radical (unpaired) electrons. The number of fused-ring (bicyclic) bond motifs is 1. The Morgan fingerprint density at radius 2 is 1.85 bits per heavy atom. The molecule has 1 amide bonds. The molecule has 3 aromatic rings. The minimum Gasteiger partial charge on any atom is -0.492 e. The van der Waals surface area contributed by atoms with Crippen molar-refractivity contribution < 1.29 is 9.53 Å². The summed E-state index contributed by atoms with van der Waals surface area (Å²) in [6, 6.07) is 18.0. The van der Waals surface area contributed by atoms with Crippen molar-refractivity contribution in [2.45, 2.75) is 12.8 Å². The molecule has 0 aliphatic carbocycles. The van der Waals surface area contributed by atoms with Gasteiger partial charge in [0.05, 0.1) is 6.54 Å². The molecule has 0 atom stereocenters. The fourth-order valence-corrected chi connectivity index (χ4v) is 3.40. The lowest BCUT2D eigenvalue weighted by Crippen LogP contribution is -2.29. The summed E-state index contributed by atoms with van der Waals surface area (Å²) in [5.41, 5.74) is 1.52. The summed E-state index contributed by atoms with van der Waals surface area (Å²) in [4.78, 5) is 18.8. The molecule has 1 aliphatic rings. The third kappa shape index (κ3) is 4.19. The van der Waals surface area contributed by atoms with Crippen LogP contribution < -0.4 is 15.0 Å². The molecular weight excluding hydrogens is 338 g/mol. The highest BCUT2D eigenvalue weighted by Gasteiger charge is 2.14. The van der Waals surface area contributed by atoms with Crippen LogP contribution in [0.15, 0.2) is 60.8 Å². The third-order valence-corrected chi connectivity index (χ3v) is 4.82. The number of nitrogens with zero attached hydrogens (tertiary/aromatic N) is 2. The lowest BCUT2D eigenvalue weighted by atomic mass is 10.1. The Balaban J connectivity index is 1.29. The van der Waals surface area contributed by atoms with Crippen LogP contribution in [0, 0.1) is 0 Å². The molecule has 0 bridgehead atoms. The first-order valence-electron chi connectivity index (χ1n) is 9.40. The Hall–Kier alpha value is -3.08. The SMILES string of the molecule is O=C(NCCOc1ccc2ccccc2c1)c1cc(N2CCCC2)ccn1. The van der Waals surface area contributed by atoms with E-state index in [4.69, 9.17) is 4.74 Å². The van der Waals surface area contributed by atoms with Gasteiger partial charge in [-0.05, 0) is 47.9 Å². The Bertz CT molecular complexity index is 935. The average molecular weight is 361 g/mol. The summed E-state index contributed by atoms with van der Waals surface area (Å²) in [5, 5.41) is 5.20. The van der Waals surface area contributed by atoms with Gasteiger partial charge in [0.25, 0.3) is 5.91 Å². The van der Waals surface area contributed by atoms with Gasteiger partial charge in [0, 0.05) is 25.0 Å². The smallest absolute Gasteiger partial charge is 0.270 e. The van der Waals surface area contributed by atoms with Crippen molar-refractivity contribution in [1.29, 1.82) is 0 Å². The fourth-order valence-electron chi connectivity index (χ4n) is 3.40. The first kappa shape index (κ1) is 17.3. The van der Waals surface area contributed by atoms with Crippen molar-refractivity contribution in [1.82, 2.24) is 10.3 Å². The second kappa shape index (κ2) is 8.08. The van der Waals surface area contributed by atoms with Gasteiger partial charge in [0.1, 0.15) is 18.1 Å². The highest BCUT2D eigenvalue weighted by Crippen LogP contribution is 2.21. The van der Waals surface area contributed by atoms with Crippen LogP contribution in [0.4, 0.5) is 5.69 Å². The van der Waals surface area contributed by atoms with Crippen molar-refractivity contribution in [3.63, 3.8) is 0 Å². The van der Waals surface area contributed by atoms with Gasteiger partial charge in [-0.25, -0.2) is 0 Å². The molecule has 4 rings (SSSR count). The van der Waals surface area contributed by atoms with E-state index in [1.807, 2.05) is 42.5 Å². The number of hydrogen-bond donors (Lipinski definition) is 1. The molecule has 1 fully saturated rings. The van der Waals surface area contributed by atoms with Gasteiger partial charge in [0.15, 0.2) is 0 Å². The van der Waals surface area contributed by atoms with Crippen molar-refractivity contribution in [2.24, 2.45) is 0 Å². The lowest BCUT2D eigenvalue weighted by Gasteiger charge is -2.17. The number of rotatable bonds is 6. The van der Waals surface area contributed by atoms with Crippen molar-refractivity contribution in [3.8, 4) is 5.75 Å². The number of aromatic nitrogens is 1. The minimum absolute atomic E-state index is 0.168. The second-order valence-electron chi connectivity index (χ2n) is 6.71. The topological polar surface area (TPSA) is 54.5 Å². The number of ether oxygens (including phenoxy) is 1. The number of nitrogens with one attached hydrogen (secondary N) is 1. The molecule has 1 aromatic heterocycles. The van der Waals surface area contributed by atoms with Crippen molar-refractivity contribution in [3.05, 3.63) is 66.5 Å². The molecule has 0 spiro atoms. The normalized spacial score (nSPS) is 13.7. The van der Waals surface area contributed by atoms with Crippen LogP contribution >= 0.6 is 0 Å². The van der Waals surface area contributed by atoms with E-state index in [2.05, 4.69) is 27.3 Å². The summed E-state index contributed by atoms with van der Waals surface area (Å²) in [6.45, 7) is 2.94. The Morgan fingerprint density at radius 3 is 2.70 bits per heavy atom. The van der Waals surface area contributed by atoms with Crippen molar-refractivity contribution in [2.75, 3.05) is 31.1 Å². The maximum absolute atomic E-state index is 12.4. The summed E-state index contributed by atoms with van der Waals surface area (Å²) >= 11 is 0. The maximum Gasteiger partial charge on any atom is 0.270 e. The molecule has 0 unspecified atom stereocenters. The molecule has 5 heteroatoms. The van der Waals surface area contributed by atoms with Crippen LogP contribution in [-0.2, 0) is 0 Å². The Labute approximate surface area is 159 Å². The molecule has 1 aliphatic heterocycles. The zero-order valence-corrected chi connectivity index (χ0v) is 15.2. The summed E-state index contributed by atoms with van der Waals surface area (Å²) in [6.07, 6.45) is 4.11. The molecule has 1 saturated heterocycles. The molecule has 2 aromatic carbocycles. The van der Waals surface area contributed by atoms with E-state index in [-0.39, 0.29) is 5.91 Å². The number of pyridine rings is 1. The van der Waals surface area contributed by atoms with Gasteiger partial charge in [0.2, 0.25) is 0 Å². The van der Waals surface area contributed by atoms with Crippen LogP contribution in [0.2, 0.25) is 0 Å². The number of benzene rings is 2. The van der Waals surface area contributed by atoms with E-state index in [0.29, 0.717) is 18.8 Å². The molecular formula is C22H23N3O2. The van der Waals surface area contributed by atoms with Gasteiger partial charge in [-0.3, -0.25) is 9.78 Å². The number of anilines is 1. The van der Waals surface area contributed by atoms with E-state index in [1.165, 1.54) is 18.2 Å². The molecule has 138 valence electrons. The fraction of sp³-hybridized carbons (Fsp3) is 0.273. The van der Waals surface area contributed by atoms with Crippen LogP contribution in [0.1, 0.15) is 23.3 Å². The van der Waals surface area contributed by atoms with Crippen LogP contribution in [0.3, 0.4) is 0 Å². The highest BCUT2D eigenvalue weighted by molar-refractivity contribution is 5.93. The molecule has 1 N–H and O–H groups in total. The summed E-state index contributed by atoms with van der Waals surface area (Å²) in [5.74, 6) is 0.635. The standard InChI is InChI=1S/C22H23N3O2/c26-22(21-16-19(9-10-23-21)25-12-3-4-13-25)24-11-14-27-20-8-7-17-5-1-2-6-18(17)15-20/h1-2,5-10,15-16H,3-4,11-14H2,(H,24,26). The number of carbonyl (C=O) groups excluding carboxylic acids is 1. The van der Waals surface area contributed by atoms with Crippen LogP contribution in [-0.4, -0.2) is 37.1 Å². The minimum atomic E-state index is -0.168. The third-order valence-electron chi connectivity index (χ3n) is 4.82. The first-order chi connectivity index (χ1) is 13.3. The predicted molar refractivity (Wildman–Crippen MR) is 107 cm³/mol. The quantitative estimate of drug-likeness (QED) is 0.681. The van der Waals surface area contributed by atoms with Crippen molar-refractivity contribution >= 4 is 22.4 Å².